The maximum absolute atomic E-state index is 11.5. The Morgan fingerprint density at radius 3 is 3.06 bits per heavy atom. The molecular formula is C12H13ClN2O2S. The Morgan fingerprint density at radius 1 is 1.56 bits per heavy atom. The van der Waals surface area contributed by atoms with Gasteiger partial charge in [-0.05, 0) is 24.1 Å². The van der Waals surface area contributed by atoms with Crippen LogP contribution in [0.2, 0.25) is 5.02 Å². The van der Waals surface area contributed by atoms with Crippen molar-refractivity contribution in [2.24, 2.45) is 5.92 Å². The average Bonchev–Trinajstić information content (AvgIpc) is 2.67. The number of thiazole rings is 1. The molecule has 18 heavy (non-hydrogen) atoms. The van der Waals surface area contributed by atoms with Gasteiger partial charge in [0.1, 0.15) is 0 Å². The van der Waals surface area contributed by atoms with Crippen molar-refractivity contribution in [1.29, 1.82) is 0 Å². The molecule has 0 saturated carbocycles. The Labute approximate surface area is 114 Å². The van der Waals surface area contributed by atoms with Crippen molar-refractivity contribution in [1.82, 2.24) is 4.98 Å². The highest BCUT2D eigenvalue weighted by molar-refractivity contribution is 7.22. The van der Waals surface area contributed by atoms with Crippen LogP contribution in [0.3, 0.4) is 0 Å². The number of hydrogen-bond acceptors (Lipinski definition) is 4. The van der Waals surface area contributed by atoms with Gasteiger partial charge in [0, 0.05) is 5.02 Å². The number of nitrogens with zero attached hydrogens (tertiary/aromatic N) is 1. The molecule has 1 amide bonds. The molecule has 0 bridgehead atoms. The maximum atomic E-state index is 11.5. The van der Waals surface area contributed by atoms with Gasteiger partial charge < -0.3 is 4.74 Å². The Hall–Kier alpha value is -1.33. The van der Waals surface area contributed by atoms with Gasteiger partial charge in [-0.25, -0.2) is 9.78 Å². The highest BCUT2D eigenvalue weighted by Gasteiger charge is 2.09. The molecule has 1 N–H and O–H groups in total. The fourth-order valence-electron chi connectivity index (χ4n) is 1.32. The van der Waals surface area contributed by atoms with Gasteiger partial charge in [0.25, 0.3) is 0 Å². The van der Waals surface area contributed by atoms with Gasteiger partial charge in [0.05, 0.1) is 16.8 Å². The summed E-state index contributed by atoms with van der Waals surface area (Å²) in [6.07, 6.45) is -0.478. The van der Waals surface area contributed by atoms with Crippen LogP contribution in [-0.4, -0.2) is 17.7 Å². The number of rotatable bonds is 3. The molecule has 6 heteroatoms. The number of fused-ring (bicyclic) bond motifs is 1. The molecule has 0 saturated heterocycles. The normalized spacial score (nSPS) is 10.9. The number of carbonyl (C=O) groups is 1. The Morgan fingerprint density at radius 2 is 2.33 bits per heavy atom. The predicted octanol–water partition coefficient (Wildman–Crippen LogP) is 4.15. The van der Waals surface area contributed by atoms with Gasteiger partial charge in [0.2, 0.25) is 0 Å². The third-order valence-electron chi connectivity index (χ3n) is 2.11. The second-order valence-corrected chi connectivity index (χ2v) is 5.72. The molecule has 0 atom stereocenters. The molecule has 1 aromatic carbocycles. The lowest BCUT2D eigenvalue weighted by Crippen LogP contribution is -2.16. The minimum absolute atomic E-state index is 0.310. The maximum Gasteiger partial charge on any atom is 0.413 e. The topological polar surface area (TPSA) is 51.2 Å². The van der Waals surface area contributed by atoms with Gasteiger partial charge in [-0.1, -0.05) is 36.8 Å². The van der Waals surface area contributed by atoms with Crippen LogP contribution in [0.15, 0.2) is 18.2 Å². The van der Waals surface area contributed by atoms with Crippen LogP contribution >= 0.6 is 22.9 Å². The van der Waals surface area contributed by atoms with Crippen LogP contribution in [0.25, 0.3) is 10.2 Å². The number of carbonyl (C=O) groups excluding carboxylic acids is 1. The zero-order valence-electron chi connectivity index (χ0n) is 10.1. The lowest BCUT2D eigenvalue weighted by atomic mass is 10.2. The molecular weight excluding hydrogens is 272 g/mol. The Kier molecular flexibility index (Phi) is 4.04. The first kappa shape index (κ1) is 13.1. The van der Waals surface area contributed by atoms with Crippen molar-refractivity contribution in [3.05, 3.63) is 23.2 Å². The second kappa shape index (κ2) is 5.54. The molecule has 0 unspecified atom stereocenters. The van der Waals surface area contributed by atoms with Crippen LogP contribution in [0.5, 0.6) is 0 Å². The lowest BCUT2D eigenvalue weighted by Gasteiger charge is -2.06. The van der Waals surface area contributed by atoms with Crippen molar-refractivity contribution < 1.29 is 9.53 Å². The van der Waals surface area contributed by atoms with Crippen LogP contribution in [0.4, 0.5) is 9.93 Å². The van der Waals surface area contributed by atoms with E-state index in [2.05, 4.69) is 10.3 Å². The molecule has 1 aromatic heterocycles. The number of nitrogens with one attached hydrogen (secondary N) is 1. The smallest absolute Gasteiger partial charge is 0.413 e. The Bertz CT molecular complexity index is 568. The summed E-state index contributed by atoms with van der Waals surface area (Å²) in [7, 11) is 0. The largest absolute Gasteiger partial charge is 0.449 e. The quantitative estimate of drug-likeness (QED) is 0.921. The van der Waals surface area contributed by atoms with E-state index >= 15 is 0 Å². The van der Waals surface area contributed by atoms with E-state index in [1.165, 1.54) is 11.3 Å². The number of amides is 1. The zero-order chi connectivity index (χ0) is 13.1. The van der Waals surface area contributed by atoms with E-state index in [1.54, 1.807) is 6.07 Å². The first-order valence-corrected chi connectivity index (χ1v) is 6.74. The van der Waals surface area contributed by atoms with Crippen LogP contribution in [0, 0.1) is 5.92 Å². The molecule has 2 rings (SSSR count). The third kappa shape index (κ3) is 3.34. The first-order valence-electron chi connectivity index (χ1n) is 5.54. The lowest BCUT2D eigenvalue weighted by molar-refractivity contribution is 0.147. The highest BCUT2D eigenvalue weighted by atomic mass is 35.5. The molecule has 0 radical (unpaired) electrons. The van der Waals surface area contributed by atoms with E-state index in [1.807, 2.05) is 26.0 Å². The molecule has 0 aliphatic rings. The van der Waals surface area contributed by atoms with E-state index in [0.717, 1.165) is 10.2 Å². The standard InChI is InChI=1S/C12H13ClN2O2S/c1-7(2)6-17-12(16)15-11-14-9-4-3-8(13)5-10(9)18-11/h3-5,7H,6H2,1-2H3,(H,14,15,16). The van der Waals surface area contributed by atoms with Gasteiger partial charge in [-0.2, -0.15) is 0 Å². The van der Waals surface area contributed by atoms with E-state index in [-0.39, 0.29) is 0 Å². The number of halogens is 1. The summed E-state index contributed by atoms with van der Waals surface area (Å²) < 4.78 is 5.95. The molecule has 0 fully saturated rings. The summed E-state index contributed by atoms with van der Waals surface area (Å²) in [5, 5.41) is 3.78. The van der Waals surface area contributed by atoms with Gasteiger partial charge in [0.15, 0.2) is 5.13 Å². The minimum Gasteiger partial charge on any atom is -0.449 e. The SMILES string of the molecule is CC(C)COC(=O)Nc1nc2ccc(Cl)cc2s1. The molecule has 0 aliphatic carbocycles. The van der Waals surface area contributed by atoms with Gasteiger partial charge >= 0.3 is 6.09 Å². The summed E-state index contributed by atoms with van der Waals surface area (Å²) in [6.45, 7) is 4.35. The molecule has 0 aliphatic heterocycles. The van der Waals surface area contributed by atoms with E-state index in [9.17, 15) is 4.79 Å². The summed E-state index contributed by atoms with van der Waals surface area (Å²) in [6, 6.07) is 5.41. The van der Waals surface area contributed by atoms with Crippen molar-refractivity contribution in [2.75, 3.05) is 11.9 Å². The van der Waals surface area contributed by atoms with Crippen LogP contribution in [-0.2, 0) is 4.74 Å². The van der Waals surface area contributed by atoms with Crippen molar-refractivity contribution in [3.8, 4) is 0 Å². The Balaban J connectivity index is 2.05. The minimum atomic E-state index is -0.478. The van der Waals surface area contributed by atoms with E-state index in [0.29, 0.717) is 22.7 Å². The highest BCUT2D eigenvalue weighted by Crippen LogP contribution is 2.28. The second-order valence-electron chi connectivity index (χ2n) is 4.25. The van der Waals surface area contributed by atoms with Crippen LogP contribution in [0.1, 0.15) is 13.8 Å². The van der Waals surface area contributed by atoms with Gasteiger partial charge in [-0.3, -0.25) is 5.32 Å². The number of ether oxygens (including phenoxy) is 1. The van der Waals surface area contributed by atoms with Crippen molar-refractivity contribution in [2.45, 2.75) is 13.8 Å². The monoisotopic (exact) mass is 284 g/mol. The van der Waals surface area contributed by atoms with E-state index < -0.39 is 6.09 Å². The summed E-state index contributed by atoms with van der Waals surface area (Å²) in [5.41, 5.74) is 0.809. The number of hydrogen-bond donors (Lipinski definition) is 1. The summed E-state index contributed by atoms with van der Waals surface area (Å²) in [5.74, 6) is 0.310. The number of aromatic nitrogens is 1. The van der Waals surface area contributed by atoms with Crippen molar-refractivity contribution in [3.63, 3.8) is 0 Å². The molecule has 2 aromatic rings. The molecule has 96 valence electrons. The molecule has 1 heterocycles. The van der Waals surface area contributed by atoms with E-state index in [4.69, 9.17) is 16.3 Å². The average molecular weight is 285 g/mol. The first-order chi connectivity index (χ1) is 8.54. The number of anilines is 1. The third-order valence-corrected chi connectivity index (χ3v) is 3.28. The molecule has 0 spiro atoms. The van der Waals surface area contributed by atoms with Crippen molar-refractivity contribution >= 4 is 44.4 Å². The van der Waals surface area contributed by atoms with Crippen LogP contribution < -0.4 is 5.32 Å². The zero-order valence-corrected chi connectivity index (χ0v) is 11.6. The fraction of sp³-hybridized carbons (Fsp3) is 0.333. The fourth-order valence-corrected chi connectivity index (χ4v) is 2.45. The molecule has 4 nitrogen and oxygen atoms in total. The summed E-state index contributed by atoms with van der Waals surface area (Å²) >= 11 is 7.25. The van der Waals surface area contributed by atoms with Gasteiger partial charge in [-0.15, -0.1) is 0 Å². The number of benzene rings is 1. The summed E-state index contributed by atoms with van der Waals surface area (Å²) in [4.78, 5) is 15.7. The predicted molar refractivity (Wildman–Crippen MR) is 74.4 cm³/mol.